The lowest BCUT2D eigenvalue weighted by molar-refractivity contribution is -0.133. The average molecular weight is 415 g/mol. The number of carbonyl (C=O) groups excluding carboxylic acids is 1. The fourth-order valence-corrected chi connectivity index (χ4v) is 3.99. The van der Waals surface area contributed by atoms with Crippen molar-refractivity contribution < 1.29 is 19.0 Å². The molecule has 0 heterocycles. The number of ether oxygens (including phenoxy) is 3. The highest BCUT2D eigenvalue weighted by atomic mass is 16.5. The summed E-state index contributed by atoms with van der Waals surface area (Å²) in [7, 11) is 2.87. The summed E-state index contributed by atoms with van der Waals surface area (Å²) in [4.78, 5) is 12.2. The summed E-state index contributed by atoms with van der Waals surface area (Å²) >= 11 is 0. The molecule has 1 aliphatic rings. The zero-order valence-corrected chi connectivity index (χ0v) is 17.8. The van der Waals surface area contributed by atoms with E-state index in [-0.39, 0.29) is 0 Å². The highest BCUT2D eigenvalue weighted by Crippen LogP contribution is 2.54. The minimum absolute atomic E-state index is 0.338. The zero-order chi connectivity index (χ0) is 21.6. The summed E-state index contributed by atoms with van der Waals surface area (Å²) in [5.41, 5.74) is 4.68. The van der Waals surface area contributed by atoms with Gasteiger partial charge in [0.2, 0.25) is 0 Å². The lowest BCUT2D eigenvalue weighted by Crippen LogP contribution is -2.08. The van der Waals surface area contributed by atoms with Crippen molar-refractivity contribution >= 4 is 11.5 Å². The van der Waals surface area contributed by atoms with Gasteiger partial charge in [0, 0.05) is 0 Å². The summed E-state index contributed by atoms with van der Waals surface area (Å²) < 4.78 is 16.1. The van der Waals surface area contributed by atoms with Gasteiger partial charge in [-0.05, 0) is 52.6 Å². The minimum atomic E-state index is -0.447. The molecule has 0 aromatic heterocycles. The van der Waals surface area contributed by atoms with E-state index in [9.17, 15) is 4.79 Å². The molecule has 3 aromatic rings. The monoisotopic (exact) mass is 414 g/mol. The fourth-order valence-electron chi connectivity index (χ4n) is 3.99. The van der Waals surface area contributed by atoms with E-state index in [4.69, 9.17) is 14.2 Å². The molecule has 1 fully saturated rings. The smallest absolute Gasteiger partial charge is 0.341 e. The minimum Gasteiger partial charge on any atom is -0.503 e. The average Bonchev–Trinajstić information content (AvgIpc) is 3.63. The quantitative estimate of drug-likeness (QED) is 0.270. The molecule has 4 rings (SSSR count). The Morgan fingerprint density at radius 2 is 1.61 bits per heavy atom. The Morgan fingerprint density at radius 3 is 2.39 bits per heavy atom. The van der Waals surface area contributed by atoms with Crippen LogP contribution in [0.5, 0.6) is 5.75 Å². The van der Waals surface area contributed by atoms with E-state index < -0.39 is 5.97 Å². The Labute approximate surface area is 183 Å². The summed E-state index contributed by atoms with van der Waals surface area (Å²) in [6, 6.07) is 26.6. The van der Waals surface area contributed by atoms with Crippen LogP contribution in [-0.4, -0.2) is 20.2 Å². The summed E-state index contributed by atoms with van der Waals surface area (Å²) in [5.74, 6) is 1.49. The van der Waals surface area contributed by atoms with Crippen molar-refractivity contribution in [3.63, 3.8) is 0 Å². The third-order valence-electron chi connectivity index (χ3n) is 5.65. The number of hydrogen-bond acceptors (Lipinski definition) is 4. The van der Waals surface area contributed by atoms with Crippen molar-refractivity contribution in [1.82, 2.24) is 0 Å². The summed E-state index contributed by atoms with van der Waals surface area (Å²) in [6.45, 7) is 0.338. The number of rotatable bonds is 8. The first-order valence-corrected chi connectivity index (χ1v) is 10.4. The highest BCUT2D eigenvalue weighted by molar-refractivity contribution is 6.16. The standard InChI is InChI=1S/C27H26O4/c1-29-18-26(27(28)30-2)23-14-7-6-11-21(23)17-31-22-13-8-12-20(15-22)25-16-24(25)19-9-4-3-5-10-19/h3-15,18,24-25H,16-17H2,1-2H3/b26-18+. The molecule has 4 heteroatoms. The van der Waals surface area contributed by atoms with Crippen LogP contribution in [0.2, 0.25) is 0 Å². The van der Waals surface area contributed by atoms with Crippen LogP contribution in [-0.2, 0) is 20.9 Å². The predicted molar refractivity (Wildman–Crippen MR) is 121 cm³/mol. The van der Waals surface area contributed by atoms with Crippen molar-refractivity contribution in [1.29, 1.82) is 0 Å². The van der Waals surface area contributed by atoms with E-state index >= 15 is 0 Å². The SMILES string of the molecule is CO/C=C(/C(=O)OC)c1ccccc1COc1cccc(C2CC2c2ccccc2)c1. The van der Waals surface area contributed by atoms with Crippen LogP contribution in [0, 0.1) is 0 Å². The molecule has 1 saturated carbocycles. The zero-order valence-electron chi connectivity index (χ0n) is 17.8. The van der Waals surface area contributed by atoms with E-state index in [0.717, 1.165) is 16.9 Å². The molecular weight excluding hydrogens is 388 g/mol. The molecule has 0 aliphatic heterocycles. The topological polar surface area (TPSA) is 44.8 Å². The largest absolute Gasteiger partial charge is 0.503 e. The Morgan fingerprint density at radius 1 is 0.903 bits per heavy atom. The molecule has 0 bridgehead atoms. The molecule has 0 spiro atoms. The molecule has 0 radical (unpaired) electrons. The second-order valence-corrected chi connectivity index (χ2v) is 7.64. The van der Waals surface area contributed by atoms with E-state index in [1.54, 1.807) is 0 Å². The van der Waals surface area contributed by atoms with Gasteiger partial charge in [-0.25, -0.2) is 4.79 Å². The van der Waals surface area contributed by atoms with Gasteiger partial charge in [-0.3, -0.25) is 0 Å². The van der Waals surface area contributed by atoms with Crippen LogP contribution in [0.1, 0.15) is 40.5 Å². The van der Waals surface area contributed by atoms with E-state index in [0.29, 0.717) is 24.0 Å². The Balaban J connectivity index is 1.48. The van der Waals surface area contributed by atoms with Gasteiger partial charge < -0.3 is 14.2 Å². The number of hydrogen-bond donors (Lipinski definition) is 0. The number of esters is 1. The van der Waals surface area contributed by atoms with Gasteiger partial charge in [0.05, 0.1) is 20.5 Å². The first-order valence-electron chi connectivity index (χ1n) is 10.4. The van der Waals surface area contributed by atoms with Gasteiger partial charge in [-0.2, -0.15) is 0 Å². The van der Waals surface area contributed by atoms with Gasteiger partial charge in [-0.1, -0.05) is 66.7 Å². The molecule has 4 nitrogen and oxygen atoms in total. The normalized spacial score (nSPS) is 17.7. The highest BCUT2D eigenvalue weighted by Gasteiger charge is 2.39. The lowest BCUT2D eigenvalue weighted by atomic mass is 10.0. The molecule has 2 unspecified atom stereocenters. The first kappa shape index (κ1) is 20.7. The van der Waals surface area contributed by atoms with E-state index in [2.05, 4.69) is 42.5 Å². The van der Waals surface area contributed by atoms with Crippen LogP contribution in [0.25, 0.3) is 5.57 Å². The van der Waals surface area contributed by atoms with Gasteiger partial charge in [0.1, 0.15) is 17.9 Å². The molecular formula is C27H26O4. The number of benzene rings is 3. The van der Waals surface area contributed by atoms with Crippen LogP contribution >= 0.6 is 0 Å². The molecule has 31 heavy (non-hydrogen) atoms. The van der Waals surface area contributed by atoms with Crippen LogP contribution in [0.3, 0.4) is 0 Å². The van der Waals surface area contributed by atoms with Gasteiger partial charge in [0.25, 0.3) is 0 Å². The molecule has 3 aromatic carbocycles. The second kappa shape index (κ2) is 9.52. The first-order chi connectivity index (χ1) is 15.2. The maximum absolute atomic E-state index is 12.2. The van der Waals surface area contributed by atoms with Crippen molar-refractivity contribution in [2.45, 2.75) is 24.9 Å². The molecule has 2 atom stereocenters. The summed E-state index contributed by atoms with van der Waals surface area (Å²) in [6.07, 6.45) is 2.57. The third kappa shape index (κ3) is 4.80. The van der Waals surface area contributed by atoms with E-state index in [1.165, 1.54) is 38.0 Å². The van der Waals surface area contributed by atoms with Crippen molar-refractivity contribution in [2.75, 3.05) is 14.2 Å². The van der Waals surface area contributed by atoms with Crippen LogP contribution in [0.15, 0.2) is 85.1 Å². The molecule has 0 N–H and O–H groups in total. The molecule has 158 valence electrons. The Bertz CT molecular complexity index is 1070. The maximum Gasteiger partial charge on any atom is 0.341 e. The molecule has 0 saturated heterocycles. The van der Waals surface area contributed by atoms with Crippen molar-refractivity contribution in [2.24, 2.45) is 0 Å². The van der Waals surface area contributed by atoms with Gasteiger partial charge in [-0.15, -0.1) is 0 Å². The Hall–Kier alpha value is -3.53. The lowest BCUT2D eigenvalue weighted by Gasteiger charge is -2.13. The van der Waals surface area contributed by atoms with E-state index in [1.807, 2.05) is 36.4 Å². The Kier molecular flexibility index (Phi) is 6.37. The summed E-state index contributed by atoms with van der Waals surface area (Å²) in [5, 5.41) is 0. The van der Waals surface area contributed by atoms with Crippen molar-refractivity contribution in [3.05, 3.63) is 107 Å². The molecule has 0 amide bonds. The second-order valence-electron chi connectivity index (χ2n) is 7.64. The maximum atomic E-state index is 12.2. The van der Waals surface area contributed by atoms with Crippen LogP contribution < -0.4 is 4.74 Å². The van der Waals surface area contributed by atoms with Crippen LogP contribution in [0.4, 0.5) is 0 Å². The van der Waals surface area contributed by atoms with Crippen molar-refractivity contribution in [3.8, 4) is 5.75 Å². The fraction of sp³-hybridized carbons (Fsp3) is 0.222. The third-order valence-corrected chi connectivity index (χ3v) is 5.65. The van der Waals surface area contributed by atoms with Gasteiger partial charge >= 0.3 is 5.97 Å². The number of methoxy groups -OCH3 is 2. The predicted octanol–water partition coefficient (Wildman–Crippen LogP) is 5.70. The van der Waals surface area contributed by atoms with Gasteiger partial charge in [0.15, 0.2) is 0 Å². The molecule has 1 aliphatic carbocycles. The number of carbonyl (C=O) groups is 1.